The first-order valence-corrected chi connectivity index (χ1v) is 13.0. The second-order valence-electron chi connectivity index (χ2n) is 10.4. The van der Waals surface area contributed by atoms with Gasteiger partial charge in [-0.3, -0.25) is 4.79 Å². The standard InChI is InChI=1S/C31H44O6/c1-20(16-22(3)14-15-27-12-9-13-29(34)37-27)10-8-11-21(2)17-24(5)30(35)26(7)31(36)25(6)18-23(4)19-28(32)33/h8-9,11,13-17,19-20,24-27,31,36H,10,12,18H2,1-7H3,(H,32,33)/b11-8+,15-14+,21-17+,22-16+,23-19+/t20-,24+,25+,26+,27+,31-/m1/s1. The summed E-state index contributed by atoms with van der Waals surface area (Å²) >= 11 is 0. The molecular weight excluding hydrogens is 468 g/mol. The molecular formula is C31H44O6. The summed E-state index contributed by atoms with van der Waals surface area (Å²) < 4.78 is 5.23. The van der Waals surface area contributed by atoms with E-state index in [2.05, 4.69) is 19.1 Å². The van der Waals surface area contributed by atoms with Crippen molar-refractivity contribution in [2.45, 2.75) is 79.9 Å². The normalized spacial score (nSPS) is 21.6. The monoisotopic (exact) mass is 512 g/mol. The molecule has 1 aliphatic heterocycles. The second kappa shape index (κ2) is 16.0. The number of hydrogen-bond donors (Lipinski definition) is 2. The van der Waals surface area contributed by atoms with E-state index in [0.29, 0.717) is 24.3 Å². The number of carboxylic acid groups (broad SMARTS) is 1. The van der Waals surface area contributed by atoms with Crippen LogP contribution < -0.4 is 0 Å². The highest BCUT2D eigenvalue weighted by Gasteiger charge is 2.29. The minimum absolute atomic E-state index is 0.0372. The summed E-state index contributed by atoms with van der Waals surface area (Å²) in [4.78, 5) is 35.0. The molecule has 0 aromatic heterocycles. The van der Waals surface area contributed by atoms with Crippen molar-refractivity contribution in [1.82, 2.24) is 0 Å². The molecule has 0 unspecified atom stereocenters. The fraction of sp³-hybridized carbons (Fsp3) is 0.516. The van der Waals surface area contributed by atoms with Gasteiger partial charge in [0.05, 0.1) is 6.10 Å². The molecule has 1 rings (SSSR count). The first kappa shape index (κ1) is 32.0. The third kappa shape index (κ3) is 12.7. The van der Waals surface area contributed by atoms with Crippen LogP contribution in [0.4, 0.5) is 0 Å². The predicted octanol–water partition coefficient (Wildman–Crippen LogP) is 6.15. The minimum atomic E-state index is -1.01. The van der Waals surface area contributed by atoms with E-state index in [1.807, 2.05) is 58.1 Å². The lowest BCUT2D eigenvalue weighted by Gasteiger charge is -2.25. The number of aliphatic hydroxyl groups is 1. The van der Waals surface area contributed by atoms with Gasteiger partial charge in [0.1, 0.15) is 11.9 Å². The summed E-state index contributed by atoms with van der Waals surface area (Å²) in [6, 6.07) is 0. The predicted molar refractivity (Wildman–Crippen MR) is 148 cm³/mol. The van der Waals surface area contributed by atoms with Crippen molar-refractivity contribution >= 4 is 17.7 Å². The lowest BCUT2D eigenvalue weighted by atomic mass is 9.83. The fourth-order valence-electron chi connectivity index (χ4n) is 4.46. The summed E-state index contributed by atoms with van der Waals surface area (Å²) in [5.41, 5.74) is 2.75. The number of cyclic esters (lactones) is 1. The molecule has 204 valence electrons. The van der Waals surface area contributed by atoms with Crippen molar-refractivity contribution in [3.05, 3.63) is 71.4 Å². The number of carboxylic acids is 1. The maximum atomic E-state index is 12.9. The number of ether oxygens (including phenoxy) is 1. The fourth-order valence-corrected chi connectivity index (χ4v) is 4.46. The van der Waals surface area contributed by atoms with Crippen LogP contribution in [0.3, 0.4) is 0 Å². The molecule has 37 heavy (non-hydrogen) atoms. The lowest BCUT2D eigenvalue weighted by Crippen LogP contribution is -2.34. The number of aliphatic carboxylic acids is 1. The molecule has 1 aliphatic rings. The molecule has 0 fully saturated rings. The summed E-state index contributed by atoms with van der Waals surface area (Å²) in [5.74, 6) is -2.16. The van der Waals surface area contributed by atoms with E-state index >= 15 is 0 Å². The van der Waals surface area contributed by atoms with Crippen molar-refractivity contribution < 1.29 is 29.3 Å². The highest BCUT2D eigenvalue weighted by atomic mass is 16.5. The van der Waals surface area contributed by atoms with Crippen molar-refractivity contribution in [2.75, 3.05) is 0 Å². The highest BCUT2D eigenvalue weighted by Crippen LogP contribution is 2.24. The van der Waals surface area contributed by atoms with E-state index < -0.39 is 18.0 Å². The number of ketones is 1. The summed E-state index contributed by atoms with van der Waals surface area (Å²) in [5, 5.41) is 19.5. The largest absolute Gasteiger partial charge is 0.478 e. The van der Waals surface area contributed by atoms with Crippen molar-refractivity contribution in [2.24, 2.45) is 23.7 Å². The van der Waals surface area contributed by atoms with Gasteiger partial charge < -0.3 is 14.9 Å². The number of allylic oxidation sites excluding steroid dienone is 8. The van der Waals surface area contributed by atoms with E-state index in [-0.39, 0.29) is 29.7 Å². The number of aliphatic hydroxyl groups excluding tert-OH is 1. The van der Waals surface area contributed by atoms with E-state index in [9.17, 15) is 19.5 Å². The maximum Gasteiger partial charge on any atom is 0.331 e. The average Bonchev–Trinajstić information content (AvgIpc) is 2.80. The van der Waals surface area contributed by atoms with Gasteiger partial charge in [0.2, 0.25) is 0 Å². The first-order valence-electron chi connectivity index (χ1n) is 13.0. The molecule has 2 N–H and O–H groups in total. The molecule has 1 heterocycles. The number of carbonyl (C=O) groups is 3. The van der Waals surface area contributed by atoms with Crippen LogP contribution in [0.2, 0.25) is 0 Å². The third-order valence-corrected chi connectivity index (χ3v) is 6.42. The molecule has 6 atom stereocenters. The zero-order valence-electron chi connectivity index (χ0n) is 23.3. The Morgan fingerprint density at radius 2 is 1.73 bits per heavy atom. The number of carbonyl (C=O) groups excluding carboxylic acids is 2. The molecule has 0 radical (unpaired) electrons. The van der Waals surface area contributed by atoms with Crippen LogP contribution in [0.15, 0.2) is 71.4 Å². The molecule has 0 aliphatic carbocycles. The average molecular weight is 513 g/mol. The van der Waals surface area contributed by atoms with Crippen LogP contribution >= 0.6 is 0 Å². The summed E-state index contributed by atoms with van der Waals surface area (Å²) in [6.45, 7) is 13.2. The van der Waals surface area contributed by atoms with Crippen LogP contribution in [0.25, 0.3) is 0 Å². The summed E-state index contributed by atoms with van der Waals surface area (Å²) in [6.07, 6.45) is 17.4. The second-order valence-corrected chi connectivity index (χ2v) is 10.4. The van der Waals surface area contributed by atoms with Crippen molar-refractivity contribution in [3.8, 4) is 0 Å². The van der Waals surface area contributed by atoms with Gasteiger partial charge in [-0.2, -0.15) is 0 Å². The van der Waals surface area contributed by atoms with Gasteiger partial charge >= 0.3 is 11.9 Å². The zero-order valence-corrected chi connectivity index (χ0v) is 23.3. The van der Waals surface area contributed by atoms with E-state index in [1.54, 1.807) is 13.8 Å². The number of hydrogen-bond acceptors (Lipinski definition) is 5. The lowest BCUT2D eigenvalue weighted by molar-refractivity contribution is -0.141. The van der Waals surface area contributed by atoms with Gasteiger partial charge in [-0.25, -0.2) is 9.59 Å². The molecule has 6 heteroatoms. The molecule has 6 nitrogen and oxygen atoms in total. The Balaban J connectivity index is 2.60. The summed E-state index contributed by atoms with van der Waals surface area (Å²) in [7, 11) is 0. The van der Waals surface area contributed by atoms with Gasteiger partial charge in [0, 0.05) is 30.4 Å². The Hall–Kier alpha value is -2.99. The molecule has 0 aromatic rings. The van der Waals surface area contributed by atoms with E-state index in [4.69, 9.17) is 9.84 Å². The number of Topliss-reactive ketones (excluding diaryl/α,β-unsaturated/α-hetero) is 1. The Bertz CT molecular complexity index is 978. The van der Waals surface area contributed by atoms with Gasteiger partial charge in [0.15, 0.2) is 0 Å². The van der Waals surface area contributed by atoms with Gasteiger partial charge in [0.25, 0.3) is 0 Å². The van der Waals surface area contributed by atoms with Crippen LogP contribution in [0.5, 0.6) is 0 Å². The number of rotatable bonds is 14. The molecule has 0 aromatic carbocycles. The van der Waals surface area contributed by atoms with Crippen molar-refractivity contribution in [1.29, 1.82) is 0 Å². The molecule has 0 bridgehead atoms. The van der Waals surface area contributed by atoms with Gasteiger partial charge in [-0.1, -0.05) is 80.9 Å². The topological polar surface area (TPSA) is 101 Å². The molecule has 0 saturated carbocycles. The smallest absolute Gasteiger partial charge is 0.331 e. The van der Waals surface area contributed by atoms with Gasteiger partial charge in [-0.05, 0) is 51.5 Å². The van der Waals surface area contributed by atoms with E-state index in [0.717, 1.165) is 23.6 Å². The molecule has 0 amide bonds. The minimum Gasteiger partial charge on any atom is -0.478 e. The van der Waals surface area contributed by atoms with Crippen LogP contribution in [0, 0.1) is 23.7 Å². The molecule has 0 spiro atoms. The van der Waals surface area contributed by atoms with Crippen LogP contribution in [0.1, 0.15) is 67.7 Å². The van der Waals surface area contributed by atoms with Crippen LogP contribution in [-0.4, -0.2) is 40.1 Å². The zero-order chi connectivity index (χ0) is 28.1. The van der Waals surface area contributed by atoms with E-state index in [1.165, 1.54) is 6.08 Å². The maximum absolute atomic E-state index is 12.9. The third-order valence-electron chi connectivity index (χ3n) is 6.42. The quantitative estimate of drug-likeness (QED) is 0.164. The Morgan fingerprint density at radius 1 is 1.08 bits per heavy atom. The SMILES string of the molecule is CC(/C=C/[C@@H]1CC=CC(=O)O1)=C\[C@H](C)C/C=C/C(C)=C/[C@H](C)C(=O)[C@H](C)[C@H](O)[C@@H](C)C/C(C)=C/C(=O)O. The highest BCUT2D eigenvalue weighted by molar-refractivity contribution is 5.85. The Kier molecular flexibility index (Phi) is 13.8. The Morgan fingerprint density at radius 3 is 2.35 bits per heavy atom. The van der Waals surface area contributed by atoms with Gasteiger partial charge in [-0.15, -0.1) is 0 Å². The Labute approximate surface area is 222 Å². The molecule has 0 saturated heterocycles. The van der Waals surface area contributed by atoms with Crippen molar-refractivity contribution in [3.63, 3.8) is 0 Å². The number of esters is 1. The van der Waals surface area contributed by atoms with Crippen LogP contribution in [-0.2, 0) is 19.1 Å². The first-order chi connectivity index (χ1) is 17.3.